The molecule has 1 aliphatic heterocycles. The van der Waals surface area contributed by atoms with E-state index in [0.717, 1.165) is 12.0 Å². The van der Waals surface area contributed by atoms with E-state index in [0.29, 0.717) is 41.0 Å². The summed E-state index contributed by atoms with van der Waals surface area (Å²) in [6.07, 6.45) is 0.887. The quantitative estimate of drug-likeness (QED) is 0.542. The fourth-order valence-electron chi connectivity index (χ4n) is 4.03. The number of methoxy groups -OCH3 is 4. The second-order valence-electron chi connectivity index (χ2n) is 7.94. The molecular weight excluding hydrogens is 398 g/mol. The highest BCUT2D eigenvalue weighted by Crippen LogP contribution is 2.54. The van der Waals surface area contributed by atoms with Gasteiger partial charge in [0.25, 0.3) is 0 Å². The molecule has 1 fully saturated rings. The van der Waals surface area contributed by atoms with E-state index in [1.54, 1.807) is 45.5 Å². The number of nitrogens with zero attached hydrogens (tertiary/aromatic N) is 1. The molecule has 168 valence electrons. The zero-order chi connectivity index (χ0) is 22.8. The summed E-state index contributed by atoms with van der Waals surface area (Å²) in [4.78, 5) is 14.9. The highest BCUT2D eigenvalue weighted by atomic mass is 16.5. The lowest BCUT2D eigenvalue weighted by atomic mass is 9.70. The number of benzene rings is 2. The molecule has 0 radical (unpaired) electrons. The second-order valence-corrected chi connectivity index (χ2v) is 7.94. The van der Waals surface area contributed by atoms with Crippen molar-refractivity contribution in [3.8, 4) is 28.7 Å². The molecule has 3 rings (SSSR count). The van der Waals surface area contributed by atoms with E-state index < -0.39 is 5.41 Å². The van der Waals surface area contributed by atoms with Crippen LogP contribution in [-0.4, -0.2) is 41.0 Å². The summed E-state index contributed by atoms with van der Waals surface area (Å²) in [6, 6.07) is 9.20. The van der Waals surface area contributed by atoms with Gasteiger partial charge in [-0.3, -0.25) is 4.79 Å². The van der Waals surface area contributed by atoms with Gasteiger partial charge in [0.2, 0.25) is 11.7 Å². The van der Waals surface area contributed by atoms with Crippen molar-refractivity contribution in [3.05, 3.63) is 35.9 Å². The Hall–Kier alpha value is -3.09. The summed E-state index contributed by atoms with van der Waals surface area (Å²) in [5, 5.41) is 0. The zero-order valence-electron chi connectivity index (χ0n) is 19.3. The van der Waals surface area contributed by atoms with Crippen LogP contribution in [0.1, 0.15) is 38.8 Å². The molecule has 31 heavy (non-hydrogen) atoms. The van der Waals surface area contributed by atoms with Gasteiger partial charge < -0.3 is 28.6 Å². The number of hydrogen-bond donors (Lipinski definition) is 0. The summed E-state index contributed by atoms with van der Waals surface area (Å²) in [7, 11) is 6.28. The minimum Gasteiger partial charge on any atom is -0.493 e. The van der Waals surface area contributed by atoms with Crippen molar-refractivity contribution in [2.45, 2.75) is 33.2 Å². The van der Waals surface area contributed by atoms with Crippen molar-refractivity contribution in [1.29, 1.82) is 0 Å². The first-order valence-electron chi connectivity index (χ1n) is 10.3. The lowest BCUT2D eigenvalue weighted by molar-refractivity contribution is -0.137. The first-order chi connectivity index (χ1) is 14.8. The maximum atomic E-state index is 13.2. The Kier molecular flexibility index (Phi) is 6.53. The third kappa shape index (κ3) is 3.84. The van der Waals surface area contributed by atoms with Crippen molar-refractivity contribution in [3.63, 3.8) is 0 Å². The van der Waals surface area contributed by atoms with Crippen LogP contribution < -0.4 is 28.6 Å². The van der Waals surface area contributed by atoms with E-state index in [1.807, 2.05) is 32.0 Å². The van der Waals surface area contributed by atoms with Crippen LogP contribution in [0.2, 0.25) is 0 Å². The predicted octanol–water partition coefficient (Wildman–Crippen LogP) is 4.62. The average Bonchev–Trinajstić information content (AvgIpc) is 2.79. The third-order valence-corrected chi connectivity index (χ3v) is 5.60. The fraction of sp³-hybridized carbons (Fsp3) is 0.458. The van der Waals surface area contributed by atoms with Crippen LogP contribution in [0.3, 0.4) is 0 Å². The average molecular weight is 430 g/mol. The molecule has 0 saturated carbocycles. The Bertz CT molecular complexity index is 930. The monoisotopic (exact) mass is 429 g/mol. The molecule has 7 heteroatoms. The number of ether oxygens (including phenoxy) is 5. The first-order valence-corrected chi connectivity index (χ1v) is 10.3. The van der Waals surface area contributed by atoms with Gasteiger partial charge in [0.15, 0.2) is 23.0 Å². The standard InChI is InChI=1S/C24H31NO6/c1-8-11-31-18-12-15(9-10-17(18)27-4)22-24(2,3)23(26)25(22)16-13-19(28-5)21(30-7)20(14-16)29-6/h9-10,12-14,22H,8,11H2,1-7H3/t22-/m0/s1. The maximum Gasteiger partial charge on any atom is 0.235 e. The highest BCUT2D eigenvalue weighted by molar-refractivity contribution is 6.06. The summed E-state index contributed by atoms with van der Waals surface area (Å²) < 4.78 is 27.7. The molecule has 0 bridgehead atoms. The Morgan fingerprint density at radius 2 is 1.48 bits per heavy atom. The smallest absolute Gasteiger partial charge is 0.235 e. The van der Waals surface area contributed by atoms with E-state index in [-0.39, 0.29) is 11.9 Å². The molecule has 7 nitrogen and oxygen atoms in total. The number of β-lactam (4-membered cyclic amide) rings is 1. The molecule has 0 N–H and O–H groups in total. The fourth-order valence-corrected chi connectivity index (χ4v) is 4.03. The highest BCUT2D eigenvalue weighted by Gasteiger charge is 2.55. The van der Waals surface area contributed by atoms with E-state index >= 15 is 0 Å². The molecule has 1 amide bonds. The van der Waals surface area contributed by atoms with Gasteiger partial charge in [0.05, 0.1) is 52.2 Å². The molecule has 2 aromatic carbocycles. The van der Waals surface area contributed by atoms with E-state index in [2.05, 4.69) is 6.92 Å². The molecule has 1 heterocycles. The predicted molar refractivity (Wildman–Crippen MR) is 119 cm³/mol. The minimum absolute atomic E-state index is 0.0126. The van der Waals surface area contributed by atoms with Gasteiger partial charge in [0, 0.05) is 12.1 Å². The van der Waals surface area contributed by atoms with Crippen LogP contribution in [0.25, 0.3) is 0 Å². The number of anilines is 1. The molecule has 2 aromatic rings. The number of rotatable bonds is 9. The van der Waals surface area contributed by atoms with Crippen molar-refractivity contribution < 1.29 is 28.5 Å². The molecule has 0 spiro atoms. The van der Waals surface area contributed by atoms with Gasteiger partial charge in [-0.2, -0.15) is 0 Å². The Labute approximate surface area is 183 Å². The van der Waals surface area contributed by atoms with Crippen LogP contribution in [0.15, 0.2) is 30.3 Å². The summed E-state index contributed by atoms with van der Waals surface area (Å²) >= 11 is 0. The summed E-state index contributed by atoms with van der Waals surface area (Å²) in [6.45, 7) is 6.54. The SMILES string of the molecule is CCCOc1cc([C@@H]2N(c3cc(OC)c(OC)c(OC)c3)C(=O)C2(C)C)ccc1OC. The third-order valence-electron chi connectivity index (χ3n) is 5.60. The van der Waals surface area contributed by atoms with Crippen LogP contribution in [0.4, 0.5) is 5.69 Å². The van der Waals surface area contributed by atoms with Crippen molar-refractivity contribution in [2.75, 3.05) is 39.9 Å². The number of carbonyl (C=O) groups is 1. The number of carbonyl (C=O) groups excluding carboxylic acids is 1. The largest absolute Gasteiger partial charge is 0.493 e. The molecule has 0 unspecified atom stereocenters. The van der Waals surface area contributed by atoms with Gasteiger partial charge in [-0.1, -0.05) is 13.0 Å². The van der Waals surface area contributed by atoms with Crippen LogP contribution in [0.5, 0.6) is 28.7 Å². The topological polar surface area (TPSA) is 66.5 Å². The van der Waals surface area contributed by atoms with Gasteiger partial charge in [-0.05, 0) is 38.0 Å². The van der Waals surface area contributed by atoms with E-state index in [4.69, 9.17) is 23.7 Å². The normalized spacial score (nSPS) is 17.1. The number of hydrogen-bond acceptors (Lipinski definition) is 6. The molecular formula is C24H31NO6. The zero-order valence-corrected chi connectivity index (χ0v) is 19.3. The van der Waals surface area contributed by atoms with Crippen molar-refractivity contribution in [1.82, 2.24) is 0 Å². The van der Waals surface area contributed by atoms with Gasteiger partial charge in [-0.15, -0.1) is 0 Å². The van der Waals surface area contributed by atoms with Crippen molar-refractivity contribution >= 4 is 11.6 Å². The van der Waals surface area contributed by atoms with Crippen LogP contribution in [0, 0.1) is 5.41 Å². The molecule has 0 aromatic heterocycles. The summed E-state index contributed by atoms with van der Waals surface area (Å²) in [5.41, 5.74) is 1.05. The van der Waals surface area contributed by atoms with E-state index in [9.17, 15) is 4.79 Å². The van der Waals surface area contributed by atoms with Gasteiger partial charge in [-0.25, -0.2) is 0 Å². The number of amides is 1. The second kappa shape index (κ2) is 8.96. The Morgan fingerprint density at radius 3 is 2.00 bits per heavy atom. The molecule has 1 atom stereocenters. The lowest BCUT2D eigenvalue weighted by Gasteiger charge is -2.53. The van der Waals surface area contributed by atoms with Crippen molar-refractivity contribution in [2.24, 2.45) is 5.41 Å². The van der Waals surface area contributed by atoms with Crippen LogP contribution in [-0.2, 0) is 4.79 Å². The first kappa shape index (κ1) is 22.6. The van der Waals surface area contributed by atoms with Gasteiger partial charge in [0.1, 0.15) is 0 Å². The molecule has 1 aliphatic rings. The van der Waals surface area contributed by atoms with Gasteiger partial charge >= 0.3 is 0 Å². The Balaban J connectivity index is 2.08. The van der Waals surface area contributed by atoms with Crippen LogP contribution >= 0.6 is 0 Å². The lowest BCUT2D eigenvalue weighted by Crippen LogP contribution is -2.61. The van der Waals surface area contributed by atoms with E-state index in [1.165, 1.54) is 0 Å². The Morgan fingerprint density at radius 1 is 0.871 bits per heavy atom. The minimum atomic E-state index is -0.586. The maximum absolute atomic E-state index is 13.2. The molecule has 1 saturated heterocycles. The molecule has 0 aliphatic carbocycles. The summed E-state index contributed by atoms with van der Waals surface area (Å²) in [5.74, 6) is 2.82.